The van der Waals surface area contributed by atoms with Crippen molar-refractivity contribution in [2.75, 3.05) is 7.05 Å². The monoisotopic (exact) mass is 255 g/mol. The maximum atomic E-state index is 12.3. The van der Waals surface area contributed by atoms with E-state index in [0.29, 0.717) is 5.92 Å². The maximum absolute atomic E-state index is 12.3. The molecule has 0 saturated heterocycles. The van der Waals surface area contributed by atoms with Gasteiger partial charge in [-0.2, -0.15) is 4.31 Å². The van der Waals surface area contributed by atoms with Crippen LogP contribution in [0.2, 0.25) is 0 Å². The summed E-state index contributed by atoms with van der Waals surface area (Å²) in [5, 5.41) is 9.34. The van der Waals surface area contributed by atoms with Gasteiger partial charge in [0, 0.05) is 13.1 Å². The smallest absolute Gasteiger partial charge is 0.243 e. The molecule has 1 saturated carbocycles. The molecule has 0 spiro atoms. The first-order valence-corrected chi connectivity index (χ1v) is 7.14. The Labute approximate surface area is 102 Å². The lowest BCUT2D eigenvalue weighted by Gasteiger charge is -2.24. The van der Waals surface area contributed by atoms with Crippen molar-refractivity contribution >= 4 is 10.0 Å². The van der Waals surface area contributed by atoms with Crippen molar-refractivity contribution in [1.82, 2.24) is 4.31 Å². The van der Waals surface area contributed by atoms with Crippen molar-refractivity contribution in [2.24, 2.45) is 5.92 Å². The van der Waals surface area contributed by atoms with Gasteiger partial charge in [-0.05, 0) is 43.9 Å². The highest BCUT2D eigenvalue weighted by molar-refractivity contribution is 7.89. The summed E-state index contributed by atoms with van der Waals surface area (Å²) in [5.74, 6) is 0.450. The zero-order valence-electron chi connectivity index (χ0n) is 10.00. The molecule has 1 aromatic carbocycles. The molecule has 1 fully saturated rings. The van der Waals surface area contributed by atoms with E-state index in [2.05, 4.69) is 0 Å². The lowest BCUT2D eigenvalue weighted by Crippen LogP contribution is -2.36. The molecule has 1 aliphatic carbocycles. The van der Waals surface area contributed by atoms with E-state index in [-0.39, 0.29) is 16.7 Å². The van der Waals surface area contributed by atoms with Gasteiger partial charge in [0.15, 0.2) is 0 Å². The molecule has 1 aliphatic rings. The number of sulfonamides is 1. The molecular weight excluding hydrogens is 238 g/mol. The summed E-state index contributed by atoms with van der Waals surface area (Å²) in [6.45, 7) is 1.93. The first kappa shape index (κ1) is 12.4. The zero-order valence-corrected chi connectivity index (χ0v) is 10.8. The van der Waals surface area contributed by atoms with Gasteiger partial charge in [-0.3, -0.25) is 0 Å². The summed E-state index contributed by atoms with van der Waals surface area (Å²) < 4.78 is 25.9. The molecule has 0 amide bonds. The molecule has 0 aromatic heterocycles. The molecule has 94 valence electrons. The van der Waals surface area contributed by atoms with Crippen molar-refractivity contribution < 1.29 is 13.5 Å². The molecule has 0 heterocycles. The Hall–Kier alpha value is -1.07. The lowest BCUT2D eigenvalue weighted by atomic mass is 10.2. The van der Waals surface area contributed by atoms with Crippen LogP contribution in [-0.2, 0) is 10.0 Å². The van der Waals surface area contributed by atoms with Gasteiger partial charge in [0.1, 0.15) is 5.75 Å². The van der Waals surface area contributed by atoms with Crippen LogP contribution >= 0.6 is 0 Å². The maximum Gasteiger partial charge on any atom is 0.243 e. The van der Waals surface area contributed by atoms with Crippen LogP contribution in [0.3, 0.4) is 0 Å². The fraction of sp³-hybridized carbons (Fsp3) is 0.500. The van der Waals surface area contributed by atoms with Crippen molar-refractivity contribution in [3.05, 3.63) is 24.3 Å². The summed E-state index contributed by atoms with van der Waals surface area (Å²) >= 11 is 0. The topological polar surface area (TPSA) is 57.6 Å². The van der Waals surface area contributed by atoms with E-state index < -0.39 is 10.0 Å². The molecule has 1 aromatic rings. The summed E-state index contributed by atoms with van der Waals surface area (Å²) in [4.78, 5) is 0.146. The molecule has 1 unspecified atom stereocenters. The van der Waals surface area contributed by atoms with Gasteiger partial charge in [-0.15, -0.1) is 0 Å². The second-order valence-electron chi connectivity index (χ2n) is 4.60. The van der Waals surface area contributed by atoms with Crippen LogP contribution in [-0.4, -0.2) is 30.9 Å². The van der Waals surface area contributed by atoms with E-state index >= 15 is 0 Å². The zero-order chi connectivity index (χ0) is 12.6. The average Bonchev–Trinajstić information content (AvgIpc) is 3.11. The summed E-state index contributed by atoms with van der Waals surface area (Å²) in [6.07, 6.45) is 2.20. The molecule has 1 N–H and O–H groups in total. The minimum Gasteiger partial charge on any atom is -0.508 e. The first-order chi connectivity index (χ1) is 7.93. The van der Waals surface area contributed by atoms with Crippen LogP contribution < -0.4 is 0 Å². The minimum atomic E-state index is -3.49. The molecule has 1 atom stereocenters. The second kappa shape index (κ2) is 4.31. The lowest BCUT2D eigenvalue weighted by molar-refractivity contribution is 0.356. The third-order valence-electron chi connectivity index (χ3n) is 3.37. The van der Waals surface area contributed by atoms with Gasteiger partial charge in [-0.1, -0.05) is 6.07 Å². The van der Waals surface area contributed by atoms with Gasteiger partial charge < -0.3 is 5.11 Å². The van der Waals surface area contributed by atoms with E-state index in [1.807, 2.05) is 6.92 Å². The highest BCUT2D eigenvalue weighted by atomic mass is 32.2. The van der Waals surface area contributed by atoms with Crippen LogP contribution in [0.15, 0.2) is 29.2 Å². The van der Waals surface area contributed by atoms with Gasteiger partial charge in [0.2, 0.25) is 10.0 Å². The van der Waals surface area contributed by atoms with Crippen molar-refractivity contribution in [2.45, 2.75) is 30.7 Å². The van der Waals surface area contributed by atoms with Crippen LogP contribution in [0.1, 0.15) is 19.8 Å². The van der Waals surface area contributed by atoms with Crippen LogP contribution in [0, 0.1) is 5.92 Å². The van der Waals surface area contributed by atoms with E-state index in [1.54, 1.807) is 7.05 Å². The first-order valence-electron chi connectivity index (χ1n) is 5.70. The van der Waals surface area contributed by atoms with Gasteiger partial charge >= 0.3 is 0 Å². The van der Waals surface area contributed by atoms with Gasteiger partial charge in [-0.25, -0.2) is 8.42 Å². The average molecular weight is 255 g/mol. The van der Waals surface area contributed by atoms with Crippen molar-refractivity contribution in [3.8, 4) is 5.75 Å². The normalized spacial score (nSPS) is 18.3. The number of phenolic OH excluding ortho intramolecular Hbond substituents is 1. The van der Waals surface area contributed by atoms with Crippen LogP contribution in [0.25, 0.3) is 0 Å². The third-order valence-corrected chi connectivity index (χ3v) is 5.31. The largest absolute Gasteiger partial charge is 0.508 e. The van der Waals surface area contributed by atoms with Crippen molar-refractivity contribution in [1.29, 1.82) is 0 Å². The molecule has 4 nitrogen and oxygen atoms in total. The highest BCUT2D eigenvalue weighted by Crippen LogP contribution is 2.36. The van der Waals surface area contributed by atoms with E-state index in [4.69, 9.17) is 0 Å². The Morgan fingerprint density at radius 1 is 1.41 bits per heavy atom. The van der Waals surface area contributed by atoms with Crippen LogP contribution in [0.5, 0.6) is 5.75 Å². The number of rotatable bonds is 4. The van der Waals surface area contributed by atoms with E-state index in [0.717, 1.165) is 12.8 Å². The fourth-order valence-corrected chi connectivity index (χ4v) is 3.37. The predicted molar refractivity (Wildman–Crippen MR) is 65.2 cm³/mol. The fourth-order valence-electron chi connectivity index (χ4n) is 1.90. The minimum absolute atomic E-state index is 0.0161. The SMILES string of the molecule is CC(C1CC1)N(C)S(=O)(=O)c1cccc(O)c1. The number of nitrogens with zero attached hydrogens (tertiary/aromatic N) is 1. The molecule has 2 rings (SSSR count). The molecule has 5 heteroatoms. The molecule has 0 radical (unpaired) electrons. The van der Waals surface area contributed by atoms with Crippen LogP contribution in [0.4, 0.5) is 0 Å². The molecule has 0 bridgehead atoms. The predicted octanol–water partition coefficient (Wildman–Crippen LogP) is 1.81. The van der Waals surface area contributed by atoms with E-state index in [1.165, 1.54) is 28.6 Å². The summed E-state index contributed by atoms with van der Waals surface area (Å²) in [6, 6.07) is 5.81. The number of phenols is 1. The number of hydrogen-bond acceptors (Lipinski definition) is 3. The standard InChI is InChI=1S/C12H17NO3S/c1-9(10-6-7-10)13(2)17(15,16)12-5-3-4-11(14)8-12/h3-5,8-10,14H,6-7H2,1-2H3. The highest BCUT2D eigenvalue weighted by Gasteiger charge is 2.35. The third kappa shape index (κ3) is 2.45. The molecular formula is C12H17NO3S. The molecule has 0 aliphatic heterocycles. The van der Waals surface area contributed by atoms with Gasteiger partial charge in [0.05, 0.1) is 4.90 Å². The second-order valence-corrected chi connectivity index (χ2v) is 6.59. The number of hydrogen-bond donors (Lipinski definition) is 1. The Morgan fingerprint density at radius 3 is 2.59 bits per heavy atom. The van der Waals surface area contributed by atoms with E-state index in [9.17, 15) is 13.5 Å². The number of aromatic hydroxyl groups is 1. The van der Waals surface area contributed by atoms with Gasteiger partial charge in [0.25, 0.3) is 0 Å². The Balaban J connectivity index is 2.29. The Kier molecular flexibility index (Phi) is 3.14. The van der Waals surface area contributed by atoms with Crippen molar-refractivity contribution in [3.63, 3.8) is 0 Å². The molecule has 17 heavy (non-hydrogen) atoms. The Bertz CT molecular complexity index is 508. The number of benzene rings is 1. The Morgan fingerprint density at radius 2 is 2.06 bits per heavy atom. The summed E-state index contributed by atoms with van der Waals surface area (Å²) in [5.41, 5.74) is 0. The quantitative estimate of drug-likeness (QED) is 0.892. The summed E-state index contributed by atoms with van der Waals surface area (Å²) in [7, 11) is -1.89.